The van der Waals surface area contributed by atoms with Gasteiger partial charge in [0, 0.05) is 15.6 Å². The predicted octanol–water partition coefficient (Wildman–Crippen LogP) is 3.80. The van der Waals surface area contributed by atoms with Crippen LogP contribution < -0.4 is 10.5 Å². The van der Waals surface area contributed by atoms with Gasteiger partial charge in [-0.25, -0.2) is 0 Å². The monoisotopic (exact) mass is 293 g/mol. The van der Waals surface area contributed by atoms with Gasteiger partial charge >= 0.3 is 0 Å². The first kappa shape index (κ1) is 12.4. The molecule has 2 N–H and O–H groups in total. The number of benzene rings is 2. The van der Waals surface area contributed by atoms with Gasteiger partial charge in [0.05, 0.1) is 7.11 Å². The third-order valence-electron chi connectivity index (χ3n) is 2.81. The lowest BCUT2D eigenvalue weighted by Gasteiger charge is -2.22. The maximum Gasteiger partial charge on any atom is 0.124 e. The maximum atomic E-state index is 6.17. The van der Waals surface area contributed by atoms with Crippen molar-refractivity contribution in [1.82, 2.24) is 0 Å². The number of halogens is 1. The standard InChI is InChI=1S/C14H16BrNO/c1-14(2,16)12-7-10-6-11(15)5-4-9(10)8-13(12)17-3/h4-8H,16H2,1-3H3. The second kappa shape index (κ2) is 4.31. The van der Waals surface area contributed by atoms with Gasteiger partial charge in [0.2, 0.25) is 0 Å². The third-order valence-corrected chi connectivity index (χ3v) is 3.31. The van der Waals surface area contributed by atoms with Crippen molar-refractivity contribution in [2.24, 2.45) is 5.73 Å². The van der Waals surface area contributed by atoms with Crippen molar-refractivity contribution < 1.29 is 4.74 Å². The summed E-state index contributed by atoms with van der Waals surface area (Å²) in [5.41, 5.74) is 6.77. The molecule has 0 aliphatic heterocycles. The number of methoxy groups -OCH3 is 1. The number of rotatable bonds is 2. The number of hydrogen-bond acceptors (Lipinski definition) is 2. The Labute approximate surface area is 110 Å². The van der Waals surface area contributed by atoms with E-state index in [1.54, 1.807) is 7.11 Å². The predicted molar refractivity (Wildman–Crippen MR) is 75.4 cm³/mol. The summed E-state index contributed by atoms with van der Waals surface area (Å²) < 4.78 is 6.48. The Bertz CT molecular complexity index is 558. The van der Waals surface area contributed by atoms with Crippen molar-refractivity contribution in [2.45, 2.75) is 19.4 Å². The van der Waals surface area contributed by atoms with Gasteiger partial charge < -0.3 is 10.5 Å². The molecule has 0 radical (unpaired) electrons. The Balaban J connectivity index is 2.74. The highest BCUT2D eigenvalue weighted by Gasteiger charge is 2.19. The average Bonchev–Trinajstić information content (AvgIpc) is 2.26. The van der Waals surface area contributed by atoms with E-state index in [0.29, 0.717) is 0 Å². The van der Waals surface area contributed by atoms with Gasteiger partial charge in [-0.1, -0.05) is 22.0 Å². The lowest BCUT2D eigenvalue weighted by atomic mass is 9.92. The van der Waals surface area contributed by atoms with Crippen LogP contribution in [-0.4, -0.2) is 7.11 Å². The molecule has 2 rings (SSSR count). The zero-order chi connectivity index (χ0) is 12.6. The summed E-state index contributed by atoms with van der Waals surface area (Å²) in [5, 5.41) is 2.31. The molecule has 0 amide bonds. The van der Waals surface area contributed by atoms with Gasteiger partial charge in [0.15, 0.2) is 0 Å². The summed E-state index contributed by atoms with van der Waals surface area (Å²) in [7, 11) is 1.68. The molecule has 17 heavy (non-hydrogen) atoms. The van der Waals surface area contributed by atoms with E-state index in [1.165, 1.54) is 0 Å². The Morgan fingerprint density at radius 1 is 1.12 bits per heavy atom. The van der Waals surface area contributed by atoms with Gasteiger partial charge in [-0.2, -0.15) is 0 Å². The van der Waals surface area contributed by atoms with Gasteiger partial charge in [0.25, 0.3) is 0 Å². The highest BCUT2D eigenvalue weighted by molar-refractivity contribution is 9.10. The zero-order valence-corrected chi connectivity index (χ0v) is 11.8. The first-order valence-corrected chi connectivity index (χ1v) is 6.28. The number of hydrogen-bond donors (Lipinski definition) is 1. The molecule has 2 aromatic rings. The fraction of sp³-hybridized carbons (Fsp3) is 0.286. The van der Waals surface area contributed by atoms with E-state index in [2.05, 4.69) is 34.1 Å². The van der Waals surface area contributed by atoms with Crippen LogP contribution in [-0.2, 0) is 5.54 Å². The molecule has 0 aromatic heterocycles. The van der Waals surface area contributed by atoms with Crippen LogP contribution in [0.15, 0.2) is 34.8 Å². The summed E-state index contributed by atoms with van der Waals surface area (Å²) in [5.74, 6) is 0.840. The number of ether oxygens (including phenoxy) is 1. The van der Waals surface area contributed by atoms with Crippen molar-refractivity contribution in [3.63, 3.8) is 0 Å². The molecule has 90 valence electrons. The van der Waals surface area contributed by atoms with E-state index in [0.717, 1.165) is 26.6 Å². The molecule has 0 saturated heterocycles. The highest BCUT2D eigenvalue weighted by atomic mass is 79.9. The van der Waals surface area contributed by atoms with E-state index in [1.807, 2.05) is 26.0 Å². The van der Waals surface area contributed by atoms with Gasteiger partial charge in [-0.3, -0.25) is 0 Å². The normalized spacial score (nSPS) is 11.8. The summed E-state index contributed by atoms with van der Waals surface area (Å²) >= 11 is 3.48. The number of nitrogens with two attached hydrogens (primary N) is 1. The summed E-state index contributed by atoms with van der Waals surface area (Å²) in [6.45, 7) is 3.96. The first-order valence-electron chi connectivity index (χ1n) is 5.48. The van der Waals surface area contributed by atoms with Gasteiger partial charge in [0.1, 0.15) is 5.75 Å². The Morgan fingerprint density at radius 3 is 2.41 bits per heavy atom. The van der Waals surface area contributed by atoms with Crippen molar-refractivity contribution in [1.29, 1.82) is 0 Å². The lowest BCUT2D eigenvalue weighted by Crippen LogP contribution is -2.29. The van der Waals surface area contributed by atoms with Crippen LogP contribution in [0.1, 0.15) is 19.4 Å². The van der Waals surface area contributed by atoms with Crippen LogP contribution in [0.25, 0.3) is 10.8 Å². The van der Waals surface area contributed by atoms with Crippen molar-refractivity contribution in [2.75, 3.05) is 7.11 Å². The molecule has 0 saturated carbocycles. The highest BCUT2D eigenvalue weighted by Crippen LogP contribution is 2.33. The first-order chi connectivity index (χ1) is 7.91. The van der Waals surface area contributed by atoms with Gasteiger partial charge in [-0.05, 0) is 48.9 Å². The Morgan fingerprint density at radius 2 is 1.82 bits per heavy atom. The molecule has 0 heterocycles. The average molecular weight is 294 g/mol. The summed E-state index contributed by atoms with van der Waals surface area (Å²) in [6, 6.07) is 10.3. The topological polar surface area (TPSA) is 35.2 Å². The lowest BCUT2D eigenvalue weighted by molar-refractivity contribution is 0.395. The Kier molecular flexibility index (Phi) is 3.15. The molecular weight excluding hydrogens is 278 g/mol. The van der Waals surface area contributed by atoms with Crippen molar-refractivity contribution in [3.05, 3.63) is 40.4 Å². The molecular formula is C14H16BrNO. The molecule has 2 aromatic carbocycles. The van der Waals surface area contributed by atoms with Crippen LogP contribution in [0.2, 0.25) is 0 Å². The minimum Gasteiger partial charge on any atom is -0.496 e. The zero-order valence-electron chi connectivity index (χ0n) is 10.3. The second-order valence-electron chi connectivity index (χ2n) is 4.77. The SMILES string of the molecule is COc1cc2ccc(Br)cc2cc1C(C)(C)N. The van der Waals surface area contributed by atoms with Crippen LogP contribution in [0, 0.1) is 0 Å². The molecule has 0 atom stereocenters. The van der Waals surface area contributed by atoms with Crippen molar-refractivity contribution in [3.8, 4) is 5.75 Å². The van der Waals surface area contributed by atoms with E-state index >= 15 is 0 Å². The van der Waals surface area contributed by atoms with E-state index in [4.69, 9.17) is 10.5 Å². The van der Waals surface area contributed by atoms with E-state index in [9.17, 15) is 0 Å². The molecule has 0 spiro atoms. The molecule has 3 heteroatoms. The van der Waals surface area contributed by atoms with Crippen molar-refractivity contribution >= 4 is 26.7 Å². The molecule has 0 aliphatic carbocycles. The van der Waals surface area contributed by atoms with Crippen LogP contribution in [0.5, 0.6) is 5.75 Å². The maximum absolute atomic E-state index is 6.17. The second-order valence-corrected chi connectivity index (χ2v) is 5.68. The fourth-order valence-electron chi connectivity index (χ4n) is 1.92. The molecule has 0 fully saturated rings. The van der Waals surface area contributed by atoms with Crippen LogP contribution in [0.3, 0.4) is 0 Å². The Hall–Kier alpha value is -1.06. The van der Waals surface area contributed by atoms with Gasteiger partial charge in [-0.15, -0.1) is 0 Å². The van der Waals surface area contributed by atoms with Crippen LogP contribution in [0.4, 0.5) is 0 Å². The molecule has 2 nitrogen and oxygen atoms in total. The summed E-state index contributed by atoms with van der Waals surface area (Å²) in [6.07, 6.45) is 0. The quantitative estimate of drug-likeness (QED) is 0.914. The van der Waals surface area contributed by atoms with E-state index < -0.39 is 5.54 Å². The molecule has 0 aliphatic rings. The number of fused-ring (bicyclic) bond motifs is 1. The summed E-state index contributed by atoms with van der Waals surface area (Å²) in [4.78, 5) is 0. The minimum absolute atomic E-state index is 0.415. The minimum atomic E-state index is -0.415. The third kappa shape index (κ3) is 2.45. The fourth-order valence-corrected chi connectivity index (χ4v) is 2.30. The molecule has 0 unspecified atom stereocenters. The van der Waals surface area contributed by atoms with E-state index in [-0.39, 0.29) is 0 Å². The largest absolute Gasteiger partial charge is 0.496 e. The van der Waals surface area contributed by atoms with Crippen LogP contribution >= 0.6 is 15.9 Å². The smallest absolute Gasteiger partial charge is 0.124 e. The molecule has 0 bridgehead atoms.